The Bertz CT molecular complexity index is 1200. The molecule has 4 rings (SSSR count). The first-order valence-corrected chi connectivity index (χ1v) is 10.4. The lowest BCUT2D eigenvalue weighted by atomic mass is 10.2. The van der Waals surface area contributed by atoms with E-state index in [0.717, 1.165) is 0 Å². The van der Waals surface area contributed by atoms with Crippen LogP contribution in [0, 0.1) is 0 Å². The smallest absolute Gasteiger partial charge is 0.336 e. The highest BCUT2D eigenvalue weighted by Gasteiger charge is 2.17. The molecule has 0 aliphatic heterocycles. The van der Waals surface area contributed by atoms with Gasteiger partial charge in [0.25, 0.3) is 5.91 Å². The maximum absolute atomic E-state index is 12.7. The largest absolute Gasteiger partial charge is 0.497 e. The molecule has 2 aromatic heterocycles. The van der Waals surface area contributed by atoms with Crippen molar-refractivity contribution in [2.75, 3.05) is 32.2 Å². The number of ether oxygens (including phenoxy) is 3. The van der Waals surface area contributed by atoms with Crippen LogP contribution in [0.4, 0.5) is 5.69 Å². The van der Waals surface area contributed by atoms with Gasteiger partial charge < -0.3 is 23.9 Å². The normalized spacial score (nSPS) is 10.7. The van der Waals surface area contributed by atoms with Crippen LogP contribution >= 0.6 is 0 Å². The summed E-state index contributed by atoms with van der Waals surface area (Å²) >= 11 is 0. The second-order valence-corrected chi connectivity index (χ2v) is 6.89. The minimum atomic E-state index is -0.254. The molecule has 0 saturated carbocycles. The first-order chi connectivity index (χ1) is 16.2. The van der Waals surface area contributed by atoms with Gasteiger partial charge in [0.15, 0.2) is 5.76 Å². The topological polar surface area (TPSA) is 101 Å². The Morgan fingerprint density at radius 2 is 1.97 bits per heavy atom. The zero-order chi connectivity index (χ0) is 23.0. The van der Waals surface area contributed by atoms with Crippen molar-refractivity contribution in [2.45, 2.75) is 6.92 Å². The van der Waals surface area contributed by atoms with E-state index in [1.54, 1.807) is 66.6 Å². The Labute approximate surface area is 190 Å². The summed E-state index contributed by atoms with van der Waals surface area (Å²) in [5.74, 6) is 1.37. The standard InChI is InChI=1S/C24H24N4O5/c1-3-31-13-14-33-24-26-22(21-11-6-12-32-21)28(27-24)19-9-5-8-18(16-19)25-23(29)17-7-4-10-20(15-17)30-2/h4-12,15-16H,3,13-14H2,1-2H3,(H,25,29). The molecule has 9 nitrogen and oxygen atoms in total. The first kappa shape index (κ1) is 22.1. The summed E-state index contributed by atoms with van der Waals surface area (Å²) in [5.41, 5.74) is 1.76. The van der Waals surface area contributed by atoms with Gasteiger partial charge >= 0.3 is 6.01 Å². The number of amides is 1. The summed E-state index contributed by atoms with van der Waals surface area (Å²) < 4.78 is 23.3. The van der Waals surface area contributed by atoms with Crippen LogP contribution in [-0.4, -0.2) is 47.6 Å². The van der Waals surface area contributed by atoms with Gasteiger partial charge in [-0.15, -0.1) is 5.10 Å². The molecule has 2 heterocycles. The van der Waals surface area contributed by atoms with E-state index in [9.17, 15) is 4.79 Å². The molecule has 0 spiro atoms. The Hall–Kier alpha value is -4.11. The second-order valence-electron chi connectivity index (χ2n) is 6.89. The van der Waals surface area contributed by atoms with Crippen LogP contribution in [0.5, 0.6) is 11.8 Å². The highest BCUT2D eigenvalue weighted by molar-refractivity contribution is 6.04. The Kier molecular flexibility index (Phi) is 7.01. The molecule has 0 aliphatic rings. The summed E-state index contributed by atoms with van der Waals surface area (Å²) in [5, 5.41) is 7.38. The number of nitrogens with one attached hydrogen (secondary N) is 1. The molecule has 0 fully saturated rings. The van der Waals surface area contributed by atoms with E-state index in [1.165, 1.54) is 0 Å². The highest BCUT2D eigenvalue weighted by atomic mass is 16.5. The number of aromatic nitrogens is 3. The third-order valence-corrected chi connectivity index (χ3v) is 4.67. The maximum Gasteiger partial charge on any atom is 0.336 e. The molecule has 0 radical (unpaired) electrons. The summed E-state index contributed by atoms with van der Waals surface area (Å²) in [7, 11) is 1.56. The van der Waals surface area contributed by atoms with Crippen LogP contribution in [0.2, 0.25) is 0 Å². The minimum Gasteiger partial charge on any atom is -0.497 e. The average Bonchev–Trinajstić information content (AvgIpc) is 3.52. The third kappa shape index (κ3) is 5.39. The van der Waals surface area contributed by atoms with Crippen molar-refractivity contribution in [1.29, 1.82) is 0 Å². The second kappa shape index (κ2) is 10.5. The molecular formula is C24H24N4O5. The van der Waals surface area contributed by atoms with Crippen molar-refractivity contribution in [1.82, 2.24) is 14.8 Å². The van der Waals surface area contributed by atoms with E-state index >= 15 is 0 Å². The number of benzene rings is 2. The quantitative estimate of drug-likeness (QED) is 0.363. The SMILES string of the molecule is CCOCCOc1nc(-c2ccco2)n(-c2cccc(NC(=O)c3cccc(OC)c3)c2)n1. The van der Waals surface area contributed by atoms with Gasteiger partial charge in [-0.1, -0.05) is 12.1 Å². The lowest BCUT2D eigenvalue weighted by Gasteiger charge is -2.09. The van der Waals surface area contributed by atoms with Gasteiger partial charge in [0.2, 0.25) is 5.82 Å². The number of carbonyl (C=O) groups is 1. The first-order valence-electron chi connectivity index (χ1n) is 10.4. The van der Waals surface area contributed by atoms with E-state index in [0.29, 0.717) is 54.1 Å². The maximum atomic E-state index is 12.7. The lowest BCUT2D eigenvalue weighted by Crippen LogP contribution is -2.12. The Morgan fingerprint density at radius 1 is 1.09 bits per heavy atom. The van der Waals surface area contributed by atoms with E-state index < -0.39 is 0 Å². The van der Waals surface area contributed by atoms with Crippen LogP contribution in [0.1, 0.15) is 17.3 Å². The average molecular weight is 448 g/mol. The number of furan rings is 1. The zero-order valence-electron chi connectivity index (χ0n) is 18.4. The van der Waals surface area contributed by atoms with E-state index in [1.807, 2.05) is 19.1 Å². The molecular weight excluding hydrogens is 424 g/mol. The summed E-state index contributed by atoms with van der Waals surface area (Å²) in [4.78, 5) is 17.2. The molecule has 0 atom stereocenters. The van der Waals surface area contributed by atoms with Gasteiger partial charge in [-0.3, -0.25) is 4.79 Å². The van der Waals surface area contributed by atoms with Crippen LogP contribution in [-0.2, 0) is 4.74 Å². The van der Waals surface area contributed by atoms with Crippen molar-refractivity contribution in [3.63, 3.8) is 0 Å². The predicted octanol–water partition coefficient (Wildman–Crippen LogP) is 4.20. The summed E-state index contributed by atoms with van der Waals surface area (Å²) in [6.07, 6.45) is 1.56. The van der Waals surface area contributed by atoms with Crippen LogP contribution < -0.4 is 14.8 Å². The highest BCUT2D eigenvalue weighted by Crippen LogP contribution is 2.25. The van der Waals surface area contributed by atoms with Crippen molar-refractivity contribution in [3.05, 3.63) is 72.5 Å². The number of carbonyl (C=O) groups excluding carboxylic acids is 1. The van der Waals surface area contributed by atoms with Crippen molar-refractivity contribution in [3.8, 4) is 29.0 Å². The van der Waals surface area contributed by atoms with Gasteiger partial charge in [0, 0.05) is 17.9 Å². The van der Waals surface area contributed by atoms with Gasteiger partial charge in [0.1, 0.15) is 12.4 Å². The number of hydrogen-bond acceptors (Lipinski definition) is 7. The molecule has 0 saturated heterocycles. The van der Waals surface area contributed by atoms with Crippen LogP contribution in [0.3, 0.4) is 0 Å². The van der Waals surface area contributed by atoms with E-state index in [2.05, 4.69) is 15.4 Å². The fraction of sp³-hybridized carbons (Fsp3) is 0.208. The fourth-order valence-electron chi connectivity index (χ4n) is 3.12. The number of nitrogens with zero attached hydrogens (tertiary/aromatic N) is 3. The van der Waals surface area contributed by atoms with E-state index in [-0.39, 0.29) is 11.9 Å². The lowest BCUT2D eigenvalue weighted by molar-refractivity contribution is 0.102. The number of rotatable bonds is 10. The van der Waals surface area contributed by atoms with Gasteiger partial charge in [0.05, 0.1) is 25.7 Å². The molecule has 1 N–H and O–H groups in total. The Morgan fingerprint density at radius 3 is 2.76 bits per heavy atom. The van der Waals surface area contributed by atoms with Gasteiger partial charge in [-0.05, 0) is 55.5 Å². The van der Waals surface area contributed by atoms with Gasteiger partial charge in [-0.2, -0.15) is 4.98 Å². The monoisotopic (exact) mass is 448 g/mol. The van der Waals surface area contributed by atoms with Crippen LogP contribution in [0.25, 0.3) is 17.3 Å². The van der Waals surface area contributed by atoms with Crippen molar-refractivity contribution in [2.24, 2.45) is 0 Å². The molecule has 33 heavy (non-hydrogen) atoms. The zero-order valence-corrected chi connectivity index (χ0v) is 18.4. The Balaban J connectivity index is 1.59. The number of methoxy groups -OCH3 is 1. The van der Waals surface area contributed by atoms with E-state index in [4.69, 9.17) is 18.6 Å². The number of anilines is 1. The number of hydrogen-bond donors (Lipinski definition) is 1. The molecule has 9 heteroatoms. The minimum absolute atomic E-state index is 0.201. The van der Waals surface area contributed by atoms with Crippen LogP contribution in [0.15, 0.2) is 71.3 Å². The molecule has 0 unspecified atom stereocenters. The molecule has 170 valence electrons. The van der Waals surface area contributed by atoms with Gasteiger partial charge in [-0.25, -0.2) is 4.68 Å². The molecule has 1 amide bonds. The fourth-order valence-corrected chi connectivity index (χ4v) is 3.12. The van der Waals surface area contributed by atoms with Crippen molar-refractivity contribution >= 4 is 11.6 Å². The third-order valence-electron chi connectivity index (χ3n) is 4.67. The summed E-state index contributed by atoms with van der Waals surface area (Å²) in [6.45, 7) is 3.29. The molecule has 4 aromatic rings. The molecule has 0 aliphatic carbocycles. The molecule has 0 bridgehead atoms. The molecule has 2 aromatic carbocycles. The van der Waals surface area contributed by atoms with Crippen molar-refractivity contribution < 1.29 is 23.4 Å². The summed E-state index contributed by atoms with van der Waals surface area (Å²) in [6, 6.07) is 18.0. The predicted molar refractivity (Wildman–Crippen MR) is 122 cm³/mol.